The molecule has 0 aliphatic heterocycles. The Kier molecular flexibility index (Phi) is 11.8. The predicted octanol–water partition coefficient (Wildman–Crippen LogP) is 14.9. The molecule has 0 aliphatic rings. The van der Waals surface area contributed by atoms with Gasteiger partial charge in [-0.25, -0.2) is 0 Å². The van der Waals surface area contributed by atoms with Gasteiger partial charge in [0.05, 0.1) is 57.1 Å². The van der Waals surface area contributed by atoms with Crippen molar-refractivity contribution < 1.29 is 19.5 Å². The Hall–Kier alpha value is -10.2. The van der Waals surface area contributed by atoms with Gasteiger partial charge in [0.1, 0.15) is 0 Å². The van der Waals surface area contributed by atoms with E-state index in [2.05, 4.69) is 237 Å². The molecule has 0 atom stereocenters. The zero-order chi connectivity index (χ0) is 51.5. The fourth-order valence-electron chi connectivity index (χ4n) is 11.3. The molecular weight excluding hydrogens is 1020 g/mol. The van der Waals surface area contributed by atoms with E-state index in [9.17, 15) is 0 Å². The molecule has 11 heteroatoms. The minimum Gasteiger partial charge on any atom is -0.441 e. The molecule has 8 aromatic carbocycles. The molecule has 368 valence electrons. The molecular formula is C68H44N10Zn. The van der Waals surface area contributed by atoms with E-state index >= 15 is 0 Å². The van der Waals surface area contributed by atoms with Crippen molar-refractivity contribution in [3.05, 3.63) is 278 Å². The fourth-order valence-corrected chi connectivity index (χ4v) is 11.3. The van der Waals surface area contributed by atoms with Crippen molar-refractivity contribution in [3.63, 3.8) is 0 Å². The van der Waals surface area contributed by atoms with Gasteiger partial charge in [-0.3, -0.25) is 9.97 Å². The summed E-state index contributed by atoms with van der Waals surface area (Å²) in [6.45, 7) is 0. The van der Waals surface area contributed by atoms with Crippen LogP contribution in [0.15, 0.2) is 277 Å². The summed E-state index contributed by atoms with van der Waals surface area (Å²) in [7, 11) is 0. The van der Waals surface area contributed by atoms with Crippen LogP contribution in [-0.2, 0) is 19.5 Å². The number of nitrogens with zero attached hydrogens (tertiary/aromatic N) is 10. The van der Waals surface area contributed by atoms with Crippen LogP contribution in [0.4, 0.5) is 11.6 Å². The second-order valence-corrected chi connectivity index (χ2v) is 19.2. The van der Waals surface area contributed by atoms with Crippen LogP contribution in [0.2, 0.25) is 0 Å². The van der Waals surface area contributed by atoms with Crippen LogP contribution in [-0.4, -0.2) is 28.2 Å². The molecule has 16 aromatic rings. The van der Waals surface area contributed by atoms with Crippen molar-refractivity contribution in [3.8, 4) is 22.7 Å². The van der Waals surface area contributed by atoms with Gasteiger partial charge in [0.15, 0.2) is 0 Å². The maximum atomic E-state index is 4.88. The van der Waals surface area contributed by atoms with E-state index in [0.717, 1.165) is 88.4 Å². The van der Waals surface area contributed by atoms with Crippen LogP contribution in [0.5, 0.6) is 0 Å². The smallest absolute Gasteiger partial charge is 0.441 e. The van der Waals surface area contributed by atoms with Crippen LogP contribution in [0, 0.1) is 0 Å². The largest absolute Gasteiger partial charge is 2.00 e. The number of fused-ring (bicyclic) bond motifs is 12. The summed E-state index contributed by atoms with van der Waals surface area (Å²) in [6.07, 6.45) is 7.67. The number of aromatic nitrogens is 8. The summed E-state index contributed by atoms with van der Waals surface area (Å²) < 4.78 is 9.02. The molecule has 0 aliphatic carbocycles. The summed E-state index contributed by atoms with van der Waals surface area (Å²) in [4.78, 5) is 28.7. The molecule has 0 fully saturated rings. The monoisotopic (exact) mass is 1060 g/mol. The van der Waals surface area contributed by atoms with E-state index in [1.807, 2.05) is 49.1 Å². The maximum Gasteiger partial charge on any atom is 2.00 e. The second kappa shape index (κ2) is 19.7. The predicted molar refractivity (Wildman–Crippen MR) is 316 cm³/mol. The Morgan fingerprint density at radius 3 is 0.848 bits per heavy atom. The number of hydrogen-bond donors (Lipinski definition) is 0. The van der Waals surface area contributed by atoms with Gasteiger partial charge in [0.2, 0.25) is 0 Å². The van der Waals surface area contributed by atoms with E-state index in [4.69, 9.17) is 29.9 Å². The molecule has 8 aromatic heterocycles. The topological polar surface area (TPSA) is 98.4 Å². The number of pyridine rings is 4. The molecule has 10 nitrogen and oxygen atoms in total. The van der Waals surface area contributed by atoms with E-state index < -0.39 is 0 Å². The molecule has 0 N–H and O–H groups in total. The van der Waals surface area contributed by atoms with E-state index in [1.165, 1.54) is 21.5 Å². The SMILES string of the molecule is [Zn+2].c1ccc(-n2c3ccccc3c3cc(N=c4cc5c6ccccc6n(-c6ccccc6)c5c[n-]4)ncc32)cc1.c1ccc(-n2c3ccccc3c3cc(N=c4cc5c6ccccc6n(-c6ccccc6)c5c[n-]4)ncc32)cc1. The van der Waals surface area contributed by atoms with Gasteiger partial charge < -0.3 is 38.2 Å². The first-order chi connectivity index (χ1) is 38.7. The van der Waals surface area contributed by atoms with Gasteiger partial charge in [0.25, 0.3) is 0 Å². The van der Waals surface area contributed by atoms with Gasteiger partial charge in [0, 0.05) is 76.9 Å². The summed E-state index contributed by atoms with van der Waals surface area (Å²) in [5.74, 6) is 1.27. The molecule has 0 saturated heterocycles. The zero-order valence-corrected chi connectivity index (χ0v) is 45.5. The van der Waals surface area contributed by atoms with Gasteiger partial charge in [-0.2, -0.15) is 0 Å². The first kappa shape index (κ1) is 47.2. The average molecular weight is 1070 g/mol. The zero-order valence-electron chi connectivity index (χ0n) is 42.6. The van der Waals surface area contributed by atoms with Gasteiger partial charge in [-0.1, -0.05) is 181 Å². The number of rotatable bonds is 6. The van der Waals surface area contributed by atoms with Gasteiger partial charge >= 0.3 is 19.5 Å². The van der Waals surface area contributed by atoms with E-state index in [0.29, 0.717) is 22.6 Å². The first-order valence-corrected chi connectivity index (χ1v) is 25.9. The fraction of sp³-hybridized carbons (Fsp3) is 0. The van der Waals surface area contributed by atoms with Crippen LogP contribution in [0.1, 0.15) is 0 Å². The molecule has 8 heterocycles. The summed E-state index contributed by atoms with van der Waals surface area (Å²) in [6, 6.07) is 83.7. The van der Waals surface area contributed by atoms with Crippen LogP contribution < -0.4 is 20.9 Å². The van der Waals surface area contributed by atoms with Crippen molar-refractivity contribution in [2.45, 2.75) is 0 Å². The Morgan fingerprint density at radius 2 is 0.532 bits per heavy atom. The molecule has 16 rings (SSSR count). The van der Waals surface area contributed by atoms with Crippen molar-refractivity contribution >= 4 is 98.9 Å². The third kappa shape index (κ3) is 8.14. The van der Waals surface area contributed by atoms with Crippen molar-refractivity contribution in [2.24, 2.45) is 9.98 Å². The third-order valence-corrected chi connectivity index (χ3v) is 14.7. The van der Waals surface area contributed by atoms with E-state index in [-0.39, 0.29) is 19.5 Å². The Morgan fingerprint density at radius 1 is 0.266 bits per heavy atom. The van der Waals surface area contributed by atoms with Crippen LogP contribution in [0.25, 0.3) is 110 Å². The Labute approximate surface area is 465 Å². The van der Waals surface area contributed by atoms with Crippen molar-refractivity contribution in [1.82, 2.24) is 38.2 Å². The summed E-state index contributed by atoms with van der Waals surface area (Å²) in [5.41, 5.74) is 14.5. The number of benzene rings is 8. The normalized spacial score (nSPS) is 12.1. The Bertz CT molecular complexity index is 4770. The molecule has 79 heavy (non-hydrogen) atoms. The van der Waals surface area contributed by atoms with E-state index in [1.54, 1.807) is 0 Å². The average Bonchev–Trinajstić information content (AvgIpc) is 4.44. The van der Waals surface area contributed by atoms with Gasteiger partial charge in [-0.15, -0.1) is 0 Å². The number of para-hydroxylation sites is 8. The third-order valence-electron chi connectivity index (χ3n) is 14.7. The van der Waals surface area contributed by atoms with Crippen LogP contribution >= 0.6 is 0 Å². The van der Waals surface area contributed by atoms with Crippen molar-refractivity contribution in [2.75, 3.05) is 0 Å². The minimum atomic E-state index is 0. The summed E-state index contributed by atoms with van der Waals surface area (Å²) in [5, 5.41) is 9.15. The van der Waals surface area contributed by atoms with Crippen LogP contribution in [0.3, 0.4) is 0 Å². The standard InChI is InChI=1S/2C34H22N5.Zn/c2*1-3-11-23(12-4-1)38-29-17-9-7-15-25(29)27-19-33(35-21-31(27)38)37-34-20-28-26-16-8-10-18-30(26)39(32(28)22-36-34)24-13-5-2-6-14-24;/h2*1-22H;/q2*-1;+2. The first-order valence-electron chi connectivity index (χ1n) is 25.9. The summed E-state index contributed by atoms with van der Waals surface area (Å²) >= 11 is 0. The quantitative estimate of drug-likeness (QED) is 0.155. The van der Waals surface area contributed by atoms with Crippen molar-refractivity contribution in [1.29, 1.82) is 0 Å². The molecule has 0 saturated carbocycles. The molecule has 0 spiro atoms. The second-order valence-electron chi connectivity index (χ2n) is 19.2. The molecule has 0 bridgehead atoms. The number of hydrogen-bond acceptors (Lipinski definition) is 4. The minimum absolute atomic E-state index is 0. The molecule has 0 radical (unpaired) electrons. The molecule has 0 unspecified atom stereocenters. The molecule has 0 amide bonds. The Balaban J connectivity index is 0.000000141. The van der Waals surface area contributed by atoms with Gasteiger partial charge in [-0.05, 0) is 84.9 Å². The maximum absolute atomic E-state index is 4.88.